The Bertz CT molecular complexity index is 937. The number of likely N-dealkylation sites (tertiary alicyclic amines) is 1. The van der Waals surface area contributed by atoms with Gasteiger partial charge < -0.3 is 14.5 Å². The summed E-state index contributed by atoms with van der Waals surface area (Å²) in [5.74, 6) is 0.478. The van der Waals surface area contributed by atoms with Gasteiger partial charge in [0.15, 0.2) is 0 Å². The van der Waals surface area contributed by atoms with Crippen molar-refractivity contribution in [2.24, 2.45) is 7.05 Å². The summed E-state index contributed by atoms with van der Waals surface area (Å²) in [6.45, 7) is 1.71. The maximum Gasteiger partial charge on any atom is 0.272 e. The van der Waals surface area contributed by atoms with Crippen LogP contribution in [0.3, 0.4) is 0 Å². The average Bonchev–Trinajstić information content (AvgIpc) is 3.52. The molecule has 0 radical (unpaired) electrons. The summed E-state index contributed by atoms with van der Waals surface area (Å²) in [5, 5.41) is 4.54. The zero-order valence-electron chi connectivity index (χ0n) is 16.7. The van der Waals surface area contributed by atoms with Gasteiger partial charge in [0.25, 0.3) is 11.8 Å². The highest BCUT2D eigenvalue weighted by Gasteiger charge is 2.45. The number of anilines is 1. The van der Waals surface area contributed by atoms with Crippen LogP contribution in [0.25, 0.3) is 0 Å². The fourth-order valence-corrected chi connectivity index (χ4v) is 4.51. The lowest BCUT2D eigenvalue weighted by Crippen LogP contribution is -2.62. The Balaban J connectivity index is 1.35. The van der Waals surface area contributed by atoms with Crippen LogP contribution in [0.4, 0.5) is 5.69 Å². The van der Waals surface area contributed by atoms with E-state index in [0.29, 0.717) is 31.2 Å². The molecule has 5 rings (SSSR count). The summed E-state index contributed by atoms with van der Waals surface area (Å²) in [5.41, 5.74) is 2.02. The van der Waals surface area contributed by atoms with Crippen molar-refractivity contribution >= 4 is 17.5 Å². The van der Waals surface area contributed by atoms with Gasteiger partial charge in [-0.1, -0.05) is 18.2 Å². The number of hydrogen-bond acceptors (Lipinski definition) is 4. The quantitative estimate of drug-likeness (QED) is 0.801. The lowest BCUT2D eigenvalue weighted by Gasteiger charge is -2.47. The summed E-state index contributed by atoms with van der Waals surface area (Å²) in [4.78, 5) is 29.4. The van der Waals surface area contributed by atoms with Crippen molar-refractivity contribution < 1.29 is 14.3 Å². The molecule has 1 atom stereocenters. The number of hydrogen-bond donors (Lipinski definition) is 0. The Hall–Kier alpha value is -2.67. The minimum absolute atomic E-state index is 0.00210. The molecule has 1 unspecified atom stereocenters. The number of aryl methyl sites for hydroxylation is 1. The van der Waals surface area contributed by atoms with E-state index in [1.54, 1.807) is 9.58 Å². The van der Waals surface area contributed by atoms with Gasteiger partial charge in [-0.25, -0.2) is 0 Å². The molecular formula is C22H26N4O3. The van der Waals surface area contributed by atoms with Crippen molar-refractivity contribution in [3.8, 4) is 0 Å². The third-order valence-electron chi connectivity index (χ3n) is 6.26. The van der Waals surface area contributed by atoms with E-state index in [1.165, 1.54) is 0 Å². The molecule has 2 aromatic rings. The molecular weight excluding hydrogens is 368 g/mol. The van der Waals surface area contributed by atoms with E-state index in [-0.39, 0.29) is 18.4 Å². The number of rotatable bonds is 3. The van der Waals surface area contributed by atoms with E-state index in [9.17, 15) is 9.59 Å². The van der Waals surface area contributed by atoms with Crippen LogP contribution in [-0.4, -0.2) is 58.3 Å². The molecule has 2 saturated heterocycles. The highest BCUT2D eigenvalue weighted by Crippen LogP contribution is 2.39. The number of carbonyl (C=O) groups is 2. The highest BCUT2D eigenvalue weighted by atomic mass is 16.5. The Kier molecular flexibility index (Phi) is 4.42. The third-order valence-corrected chi connectivity index (χ3v) is 6.26. The number of ether oxygens (including phenoxy) is 1. The van der Waals surface area contributed by atoms with Gasteiger partial charge in [-0.2, -0.15) is 5.10 Å². The van der Waals surface area contributed by atoms with Gasteiger partial charge in [-0.05, 0) is 43.9 Å². The van der Waals surface area contributed by atoms with Crippen molar-refractivity contribution in [1.29, 1.82) is 0 Å². The van der Waals surface area contributed by atoms with Crippen molar-refractivity contribution in [2.75, 3.05) is 31.1 Å². The second-order valence-corrected chi connectivity index (χ2v) is 8.47. The maximum absolute atomic E-state index is 13.2. The van der Waals surface area contributed by atoms with Crippen LogP contribution in [0, 0.1) is 0 Å². The van der Waals surface area contributed by atoms with Gasteiger partial charge in [-0.3, -0.25) is 14.3 Å². The van der Waals surface area contributed by atoms with E-state index < -0.39 is 5.60 Å². The fraction of sp³-hybridized carbons (Fsp3) is 0.500. The lowest BCUT2D eigenvalue weighted by molar-refractivity contribution is -0.144. The number of aromatic nitrogens is 2. The predicted octanol–water partition coefficient (Wildman–Crippen LogP) is 2.34. The molecule has 0 bridgehead atoms. The lowest BCUT2D eigenvalue weighted by atomic mass is 9.90. The molecule has 152 valence electrons. The standard InChI is InChI=1S/C22H26N4O3/c1-24-19(12-18(23-24)16-8-9-16)21(28)25-11-5-10-22(14-25)15-26(20(27)13-29-22)17-6-3-2-4-7-17/h2-4,6-7,12,16H,5,8-11,13-15H2,1H3. The molecule has 1 saturated carbocycles. The van der Waals surface area contributed by atoms with Crippen molar-refractivity contribution in [2.45, 2.75) is 37.2 Å². The molecule has 1 spiro atoms. The SMILES string of the molecule is Cn1nc(C2CC2)cc1C(=O)N1CCCC2(C1)CN(c1ccccc1)C(=O)CO2. The second-order valence-electron chi connectivity index (χ2n) is 8.47. The number of carbonyl (C=O) groups excluding carboxylic acids is 2. The molecule has 0 N–H and O–H groups in total. The highest BCUT2D eigenvalue weighted by molar-refractivity contribution is 5.95. The largest absolute Gasteiger partial charge is 0.361 e. The van der Waals surface area contributed by atoms with Crippen LogP contribution in [-0.2, 0) is 16.6 Å². The zero-order chi connectivity index (χ0) is 20.0. The van der Waals surface area contributed by atoms with Crippen LogP contribution < -0.4 is 4.90 Å². The number of para-hydroxylation sites is 1. The van der Waals surface area contributed by atoms with Crippen LogP contribution >= 0.6 is 0 Å². The molecule has 2 amide bonds. The van der Waals surface area contributed by atoms with Gasteiger partial charge in [0.05, 0.1) is 18.8 Å². The summed E-state index contributed by atoms with van der Waals surface area (Å²) in [6, 6.07) is 11.6. The fourth-order valence-electron chi connectivity index (χ4n) is 4.51. The normalized spacial score (nSPS) is 24.9. The minimum Gasteiger partial charge on any atom is -0.361 e. The molecule has 1 aliphatic carbocycles. The van der Waals surface area contributed by atoms with Crippen LogP contribution in [0.1, 0.15) is 47.8 Å². The average molecular weight is 394 g/mol. The molecule has 1 aromatic carbocycles. The summed E-state index contributed by atoms with van der Waals surface area (Å²) < 4.78 is 7.77. The van der Waals surface area contributed by atoms with Crippen molar-refractivity contribution in [3.63, 3.8) is 0 Å². The molecule has 7 heteroatoms. The molecule has 7 nitrogen and oxygen atoms in total. The third kappa shape index (κ3) is 3.44. The van der Waals surface area contributed by atoms with E-state index in [2.05, 4.69) is 5.10 Å². The molecule has 1 aromatic heterocycles. The van der Waals surface area contributed by atoms with E-state index >= 15 is 0 Å². The number of piperidine rings is 1. The van der Waals surface area contributed by atoms with E-state index in [0.717, 1.165) is 37.1 Å². The molecule has 3 aliphatic rings. The first-order chi connectivity index (χ1) is 14.0. The van der Waals surface area contributed by atoms with Gasteiger partial charge in [0.1, 0.15) is 17.9 Å². The Morgan fingerprint density at radius 3 is 2.76 bits per heavy atom. The number of amides is 2. The number of benzene rings is 1. The first kappa shape index (κ1) is 18.4. The summed E-state index contributed by atoms with van der Waals surface area (Å²) >= 11 is 0. The molecule has 3 heterocycles. The Morgan fingerprint density at radius 1 is 1.21 bits per heavy atom. The van der Waals surface area contributed by atoms with Crippen LogP contribution in [0.2, 0.25) is 0 Å². The topological polar surface area (TPSA) is 67.7 Å². The van der Waals surface area contributed by atoms with Crippen molar-refractivity contribution in [1.82, 2.24) is 14.7 Å². The van der Waals surface area contributed by atoms with Gasteiger partial charge in [0, 0.05) is 25.2 Å². The maximum atomic E-state index is 13.2. The zero-order valence-corrected chi connectivity index (χ0v) is 16.7. The van der Waals surface area contributed by atoms with E-state index in [4.69, 9.17) is 4.74 Å². The van der Waals surface area contributed by atoms with Gasteiger partial charge in [0.2, 0.25) is 0 Å². The minimum atomic E-state index is -0.518. The van der Waals surface area contributed by atoms with Crippen LogP contribution in [0.15, 0.2) is 36.4 Å². The van der Waals surface area contributed by atoms with E-state index in [1.807, 2.05) is 48.3 Å². The Morgan fingerprint density at radius 2 is 2.00 bits per heavy atom. The smallest absolute Gasteiger partial charge is 0.272 e. The first-order valence-corrected chi connectivity index (χ1v) is 10.4. The molecule has 29 heavy (non-hydrogen) atoms. The molecule has 2 aliphatic heterocycles. The first-order valence-electron chi connectivity index (χ1n) is 10.4. The Labute approximate surface area is 170 Å². The number of morpholine rings is 1. The predicted molar refractivity (Wildman–Crippen MR) is 108 cm³/mol. The molecule has 3 fully saturated rings. The van der Waals surface area contributed by atoms with Crippen LogP contribution in [0.5, 0.6) is 0 Å². The van der Waals surface area contributed by atoms with Crippen molar-refractivity contribution in [3.05, 3.63) is 47.8 Å². The van der Waals surface area contributed by atoms with Gasteiger partial charge in [-0.15, -0.1) is 0 Å². The monoisotopic (exact) mass is 394 g/mol. The second kappa shape index (κ2) is 6.99. The summed E-state index contributed by atoms with van der Waals surface area (Å²) in [7, 11) is 1.84. The number of nitrogens with zero attached hydrogens (tertiary/aromatic N) is 4. The van der Waals surface area contributed by atoms with Gasteiger partial charge >= 0.3 is 0 Å². The summed E-state index contributed by atoms with van der Waals surface area (Å²) in [6.07, 6.45) is 4.02.